The van der Waals surface area contributed by atoms with Crippen molar-refractivity contribution >= 4 is 23.3 Å². The van der Waals surface area contributed by atoms with Gasteiger partial charge in [-0.25, -0.2) is 4.79 Å². The largest absolute Gasteiger partial charge is 0.334 e. The zero-order valence-electron chi connectivity index (χ0n) is 15.4. The minimum absolute atomic E-state index is 0.0153. The molecule has 0 saturated carbocycles. The van der Waals surface area contributed by atoms with Gasteiger partial charge < -0.3 is 21.3 Å². The van der Waals surface area contributed by atoms with Crippen LogP contribution in [0.1, 0.15) is 25.3 Å². The second-order valence-corrected chi connectivity index (χ2v) is 6.81. The van der Waals surface area contributed by atoms with Gasteiger partial charge in [-0.05, 0) is 62.2 Å². The van der Waals surface area contributed by atoms with E-state index in [0.29, 0.717) is 24.0 Å². The normalized spacial score (nSPS) is 19.1. The van der Waals surface area contributed by atoms with Crippen LogP contribution in [-0.4, -0.2) is 29.5 Å². The minimum Gasteiger partial charge on any atom is -0.334 e. The molecule has 1 aliphatic rings. The number of carbonyl (C=O) groups excluding carboxylic acids is 2. The molecule has 142 valence electrons. The lowest BCUT2D eigenvalue weighted by Gasteiger charge is -2.27. The third kappa shape index (κ3) is 5.79. The molecule has 1 fully saturated rings. The van der Waals surface area contributed by atoms with Gasteiger partial charge in [0.2, 0.25) is 5.91 Å². The Morgan fingerprint density at radius 3 is 2.63 bits per heavy atom. The molecule has 0 spiro atoms. The molecular weight excluding hydrogens is 342 g/mol. The smallest absolute Gasteiger partial charge is 0.319 e. The van der Waals surface area contributed by atoms with Crippen LogP contribution >= 0.6 is 0 Å². The molecule has 7 heteroatoms. The molecule has 1 aromatic heterocycles. The number of nitrogens with zero attached hydrogens (tertiary/aromatic N) is 1. The fourth-order valence-corrected chi connectivity index (χ4v) is 3.15. The predicted molar refractivity (Wildman–Crippen MR) is 105 cm³/mol. The molecular formula is C20H25N5O2. The van der Waals surface area contributed by atoms with E-state index >= 15 is 0 Å². The minimum atomic E-state index is -0.303. The van der Waals surface area contributed by atoms with Crippen LogP contribution in [-0.2, 0) is 11.3 Å². The highest BCUT2D eigenvalue weighted by atomic mass is 16.2. The first-order valence-electron chi connectivity index (χ1n) is 9.18. The Kier molecular flexibility index (Phi) is 6.38. The SMILES string of the molecule is C[C@H]1C[C@@H](C(=O)Nc2cccc(NC(=O)NCc3ccncc3)c2)CCN1. The van der Waals surface area contributed by atoms with Crippen molar-refractivity contribution < 1.29 is 9.59 Å². The Labute approximate surface area is 159 Å². The average molecular weight is 367 g/mol. The van der Waals surface area contributed by atoms with Crippen LogP contribution in [0, 0.1) is 5.92 Å². The number of amides is 3. The van der Waals surface area contributed by atoms with Crippen molar-refractivity contribution in [2.75, 3.05) is 17.2 Å². The van der Waals surface area contributed by atoms with Crippen molar-refractivity contribution in [3.05, 3.63) is 54.4 Å². The quantitative estimate of drug-likeness (QED) is 0.653. The van der Waals surface area contributed by atoms with Crippen LogP contribution in [0.4, 0.5) is 16.2 Å². The second-order valence-electron chi connectivity index (χ2n) is 6.81. The molecule has 0 radical (unpaired) electrons. The van der Waals surface area contributed by atoms with E-state index in [1.165, 1.54) is 0 Å². The van der Waals surface area contributed by atoms with Gasteiger partial charge in [0.05, 0.1) is 0 Å². The van der Waals surface area contributed by atoms with Crippen LogP contribution in [0.15, 0.2) is 48.8 Å². The van der Waals surface area contributed by atoms with Crippen molar-refractivity contribution in [3.8, 4) is 0 Å². The fourth-order valence-electron chi connectivity index (χ4n) is 3.15. The molecule has 2 atom stereocenters. The first-order chi connectivity index (χ1) is 13.1. The van der Waals surface area contributed by atoms with Crippen molar-refractivity contribution in [1.29, 1.82) is 0 Å². The summed E-state index contributed by atoms with van der Waals surface area (Å²) < 4.78 is 0. The van der Waals surface area contributed by atoms with Crippen LogP contribution in [0.5, 0.6) is 0 Å². The van der Waals surface area contributed by atoms with Gasteiger partial charge in [-0.1, -0.05) is 6.07 Å². The first-order valence-corrected chi connectivity index (χ1v) is 9.18. The molecule has 0 bridgehead atoms. The monoisotopic (exact) mass is 367 g/mol. The maximum absolute atomic E-state index is 12.5. The third-order valence-electron chi connectivity index (χ3n) is 4.58. The maximum Gasteiger partial charge on any atom is 0.319 e. The molecule has 2 aromatic rings. The number of rotatable bonds is 5. The van der Waals surface area contributed by atoms with Gasteiger partial charge in [0, 0.05) is 42.3 Å². The molecule has 4 N–H and O–H groups in total. The van der Waals surface area contributed by atoms with Crippen LogP contribution < -0.4 is 21.3 Å². The molecule has 0 unspecified atom stereocenters. The number of piperidine rings is 1. The van der Waals surface area contributed by atoms with Crippen molar-refractivity contribution in [3.63, 3.8) is 0 Å². The molecule has 2 heterocycles. The van der Waals surface area contributed by atoms with Gasteiger partial charge in [0.25, 0.3) is 0 Å². The maximum atomic E-state index is 12.5. The van der Waals surface area contributed by atoms with Crippen LogP contribution in [0.3, 0.4) is 0 Å². The number of hydrogen-bond acceptors (Lipinski definition) is 4. The van der Waals surface area contributed by atoms with Crippen LogP contribution in [0.2, 0.25) is 0 Å². The number of hydrogen-bond donors (Lipinski definition) is 4. The zero-order chi connectivity index (χ0) is 19.1. The number of pyridine rings is 1. The number of carbonyl (C=O) groups is 2. The van der Waals surface area contributed by atoms with E-state index in [2.05, 4.69) is 33.2 Å². The summed E-state index contributed by atoms with van der Waals surface area (Å²) in [7, 11) is 0. The second kappa shape index (κ2) is 9.14. The molecule has 3 rings (SSSR count). The molecule has 1 aromatic carbocycles. The van der Waals surface area contributed by atoms with E-state index in [-0.39, 0.29) is 17.9 Å². The predicted octanol–water partition coefficient (Wildman–Crippen LogP) is 2.73. The molecule has 0 aliphatic carbocycles. The highest BCUT2D eigenvalue weighted by Gasteiger charge is 2.24. The van der Waals surface area contributed by atoms with Gasteiger partial charge in [0.1, 0.15) is 0 Å². The van der Waals surface area contributed by atoms with Crippen molar-refractivity contribution in [1.82, 2.24) is 15.6 Å². The average Bonchev–Trinajstić information content (AvgIpc) is 2.67. The summed E-state index contributed by atoms with van der Waals surface area (Å²) in [6.07, 6.45) is 5.04. The lowest BCUT2D eigenvalue weighted by atomic mass is 9.92. The van der Waals surface area contributed by atoms with E-state index in [1.807, 2.05) is 18.2 Å². The molecule has 7 nitrogen and oxygen atoms in total. The van der Waals surface area contributed by atoms with E-state index in [9.17, 15) is 9.59 Å². The van der Waals surface area contributed by atoms with Crippen LogP contribution in [0.25, 0.3) is 0 Å². The van der Waals surface area contributed by atoms with E-state index < -0.39 is 0 Å². The summed E-state index contributed by atoms with van der Waals surface area (Å²) in [5.74, 6) is 0.0455. The third-order valence-corrected chi connectivity index (χ3v) is 4.58. The number of anilines is 2. The fraction of sp³-hybridized carbons (Fsp3) is 0.350. The van der Waals surface area contributed by atoms with E-state index in [0.717, 1.165) is 24.9 Å². The lowest BCUT2D eigenvalue weighted by Crippen LogP contribution is -2.40. The Hall–Kier alpha value is -2.93. The van der Waals surface area contributed by atoms with Gasteiger partial charge in [-0.15, -0.1) is 0 Å². The molecule has 1 saturated heterocycles. The molecule has 27 heavy (non-hydrogen) atoms. The zero-order valence-corrected chi connectivity index (χ0v) is 15.4. The van der Waals surface area contributed by atoms with Crippen molar-refractivity contribution in [2.24, 2.45) is 5.92 Å². The number of benzene rings is 1. The highest BCUT2D eigenvalue weighted by molar-refractivity contribution is 5.94. The highest BCUT2D eigenvalue weighted by Crippen LogP contribution is 2.20. The summed E-state index contributed by atoms with van der Waals surface area (Å²) in [6, 6.07) is 10.9. The topological polar surface area (TPSA) is 95.2 Å². The summed E-state index contributed by atoms with van der Waals surface area (Å²) in [4.78, 5) is 28.5. The Balaban J connectivity index is 1.52. The van der Waals surface area contributed by atoms with E-state index in [1.54, 1.807) is 30.6 Å². The summed E-state index contributed by atoms with van der Waals surface area (Å²) in [6.45, 7) is 3.37. The molecule has 1 aliphatic heterocycles. The summed E-state index contributed by atoms with van der Waals surface area (Å²) >= 11 is 0. The number of urea groups is 1. The lowest BCUT2D eigenvalue weighted by molar-refractivity contribution is -0.120. The number of aromatic nitrogens is 1. The first kappa shape index (κ1) is 18.8. The van der Waals surface area contributed by atoms with Crippen molar-refractivity contribution in [2.45, 2.75) is 32.4 Å². The van der Waals surface area contributed by atoms with E-state index in [4.69, 9.17) is 0 Å². The molecule has 3 amide bonds. The Bertz CT molecular complexity index is 781. The van der Waals surface area contributed by atoms with Gasteiger partial charge >= 0.3 is 6.03 Å². The Morgan fingerprint density at radius 1 is 1.15 bits per heavy atom. The van der Waals surface area contributed by atoms with Gasteiger partial charge in [-0.2, -0.15) is 0 Å². The summed E-state index contributed by atoms with van der Waals surface area (Å²) in [5.41, 5.74) is 2.27. The summed E-state index contributed by atoms with van der Waals surface area (Å²) in [5, 5.41) is 11.9. The standard InChI is InChI=1S/C20H25N5O2/c1-14-11-16(7-10-22-14)19(26)24-17-3-2-4-18(12-17)25-20(27)23-13-15-5-8-21-9-6-15/h2-6,8-9,12,14,16,22H,7,10-11,13H2,1H3,(H,24,26)(H2,23,25,27)/t14-,16-/m0/s1. The van der Waals surface area contributed by atoms with Gasteiger partial charge in [0.15, 0.2) is 0 Å². The number of nitrogens with one attached hydrogen (secondary N) is 4. The Morgan fingerprint density at radius 2 is 1.89 bits per heavy atom. The van der Waals surface area contributed by atoms with Gasteiger partial charge in [-0.3, -0.25) is 9.78 Å².